The molecule has 0 spiro atoms. The van der Waals surface area contributed by atoms with Crippen LogP contribution in [-0.4, -0.2) is 65.6 Å². The highest BCUT2D eigenvalue weighted by Gasteiger charge is 2.31. The van der Waals surface area contributed by atoms with Gasteiger partial charge in [-0.15, -0.1) is 11.8 Å². The number of hydrogen-bond donors (Lipinski definition) is 0. The maximum atomic E-state index is 12.8. The van der Waals surface area contributed by atoms with Gasteiger partial charge >= 0.3 is 5.69 Å². The van der Waals surface area contributed by atoms with Gasteiger partial charge in [0.2, 0.25) is 11.8 Å². The lowest BCUT2D eigenvalue weighted by molar-refractivity contribution is -0.385. The molecule has 9 heteroatoms. The third-order valence-corrected chi connectivity index (χ3v) is 7.09. The van der Waals surface area contributed by atoms with Gasteiger partial charge in [-0.05, 0) is 43.2 Å². The van der Waals surface area contributed by atoms with Gasteiger partial charge in [0.25, 0.3) is 0 Å². The summed E-state index contributed by atoms with van der Waals surface area (Å²) in [7, 11) is 1.40. The van der Waals surface area contributed by atoms with Crippen LogP contribution in [0.25, 0.3) is 0 Å². The molecule has 0 saturated carbocycles. The zero-order valence-corrected chi connectivity index (χ0v) is 19.1. The lowest BCUT2D eigenvalue weighted by atomic mass is 9.93. The highest BCUT2D eigenvalue weighted by atomic mass is 32.2. The zero-order chi connectivity index (χ0) is 22.4. The second-order valence-corrected chi connectivity index (χ2v) is 9.43. The second kappa shape index (κ2) is 10.8. The molecule has 2 aliphatic rings. The Bertz CT molecular complexity index is 810. The number of ether oxygens (including phenoxy) is 1. The number of thioether (sulfide) groups is 1. The van der Waals surface area contributed by atoms with Gasteiger partial charge < -0.3 is 14.5 Å². The number of hydrogen-bond acceptors (Lipinski definition) is 6. The Kier molecular flexibility index (Phi) is 8.17. The Morgan fingerprint density at radius 3 is 2.58 bits per heavy atom. The smallest absolute Gasteiger partial charge is 0.311 e. The quantitative estimate of drug-likeness (QED) is 0.468. The fraction of sp³-hybridized carbons (Fsp3) is 0.636. The summed E-state index contributed by atoms with van der Waals surface area (Å²) in [6.45, 7) is 5.16. The molecule has 2 saturated heterocycles. The summed E-state index contributed by atoms with van der Waals surface area (Å²) < 4.78 is 5.02. The molecule has 3 rings (SSSR count). The first kappa shape index (κ1) is 23.4. The minimum absolute atomic E-state index is 0.0295. The molecule has 0 N–H and O–H groups in total. The number of benzene rings is 1. The highest BCUT2D eigenvalue weighted by molar-refractivity contribution is 7.99. The van der Waals surface area contributed by atoms with Crippen molar-refractivity contribution in [2.45, 2.75) is 38.4 Å². The maximum absolute atomic E-state index is 12.8. The van der Waals surface area contributed by atoms with Crippen molar-refractivity contribution in [1.82, 2.24) is 9.80 Å². The van der Waals surface area contributed by atoms with Crippen LogP contribution in [0.15, 0.2) is 18.2 Å². The molecule has 2 heterocycles. The third kappa shape index (κ3) is 6.12. The largest absolute Gasteiger partial charge is 0.490 e. The summed E-state index contributed by atoms with van der Waals surface area (Å²) in [5.41, 5.74) is 0.715. The predicted octanol–water partition coefficient (Wildman–Crippen LogP) is 3.33. The molecule has 2 amide bonds. The van der Waals surface area contributed by atoms with Gasteiger partial charge in [0, 0.05) is 43.9 Å². The van der Waals surface area contributed by atoms with E-state index in [1.54, 1.807) is 12.1 Å². The number of nitro benzene ring substituents is 1. The number of carbonyl (C=O) groups is 2. The molecule has 1 aromatic rings. The van der Waals surface area contributed by atoms with Gasteiger partial charge in [-0.1, -0.05) is 13.0 Å². The second-order valence-electron chi connectivity index (χ2n) is 8.44. The van der Waals surface area contributed by atoms with Gasteiger partial charge in [0.15, 0.2) is 5.75 Å². The normalized spacial score (nSPS) is 19.9. The number of methoxy groups -OCH3 is 1. The van der Waals surface area contributed by atoms with Crippen molar-refractivity contribution >= 4 is 29.3 Å². The molecule has 2 aliphatic heterocycles. The number of nitro groups is 1. The van der Waals surface area contributed by atoms with Crippen molar-refractivity contribution in [2.24, 2.45) is 11.8 Å². The fourth-order valence-corrected chi connectivity index (χ4v) is 5.21. The van der Waals surface area contributed by atoms with E-state index in [0.717, 1.165) is 37.9 Å². The van der Waals surface area contributed by atoms with E-state index in [1.807, 2.05) is 9.80 Å². The molecule has 31 heavy (non-hydrogen) atoms. The van der Waals surface area contributed by atoms with Crippen molar-refractivity contribution in [1.29, 1.82) is 0 Å². The summed E-state index contributed by atoms with van der Waals surface area (Å²) in [5, 5.41) is 11.1. The van der Waals surface area contributed by atoms with Crippen molar-refractivity contribution in [2.75, 3.05) is 39.0 Å². The predicted molar refractivity (Wildman–Crippen MR) is 120 cm³/mol. The Labute approximate surface area is 187 Å². The lowest BCUT2D eigenvalue weighted by Gasteiger charge is -2.37. The molecule has 8 nitrogen and oxygen atoms in total. The Balaban J connectivity index is 1.43. The molecule has 0 aliphatic carbocycles. The van der Waals surface area contributed by atoms with E-state index in [-0.39, 0.29) is 29.2 Å². The summed E-state index contributed by atoms with van der Waals surface area (Å²) in [6, 6.07) is 4.86. The zero-order valence-electron chi connectivity index (χ0n) is 18.2. The fourth-order valence-electron chi connectivity index (χ4n) is 4.34. The molecular formula is C22H31N3O5S. The van der Waals surface area contributed by atoms with Crippen molar-refractivity contribution in [3.63, 3.8) is 0 Å². The molecule has 0 radical (unpaired) electrons. The number of rotatable bonds is 7. The first-order valence-electron chi connectivity index (χ1n) is 10.8. The van der Waals surface area contributed by atoms with Gasteiger partial charge in [-0.2, -0.15) is 0 Å². The van der Waals surface area contributed by atoms with Crippen LogP contribution in [-0.2, 0) is 15.3 Å². The molecule has 1 aromatic carbocycles. The van der Waals surface area contributed by atoms with Crippen LogP contribution >= 0.6 is 11.8 Å². The SMILES string of the molecule is COc1ccc(CSCC(=O)N2CCC(C(=O)N3CCCC(C)C3)CC2)cc1[N+](=O)[O-]. The topological polar surface area (TPSA) is 93.0 Å². The molecular weight excluding hydrogens is 418 g/mol. The van der Waals surface area contributed by atoms with Crippen LogP contribution in [0.5, 0.6) is 5.75 Å². The molecule has 0 bridgehead atoms. The summed E-state index contributed by atoms with van der Waals surface area (Å²) in [6.07, 6.45) is 3.73. The highest BCUT2D eigenvalue weighted by Crippen LogP contribution is 2.29. The number of nitrogens with zero attached hydrogens (tertiary/aromatic N) is 3. The minimum atomic E-state index is -0.464. The van der Waals surface area contributed by atoms with Crippen LogP contribution in [0.3, 0.4) is 0 Å². The van der Waals surface area contributed by atoms with Crippen LogP contribution < -0.4 is 4.74 Å². The summed E-state index contributed by atoms with van der Waals surface area (Å²) in [5.74, 6) is 1.98. The van der Waals surface area contributed by atoms with Gasteiger partial charge in [-0.25, -0.2) is 0 Å². The standard InChI is InChI=1S/C22H31N3O5S/c1-16-4-3-9-24(13-16)22(27)18-7-10-23(11-8-18)21(26)15-31-14-17-5-6-20(30-2)19(12-17)25(28)29/h5-6,12,16,18H,3-4,7-11,13-15H2,1-2H3. The Morgan fingerprint density at radius 2 is 1.94 bits per heavy atom. The van der Waals surface area contributed by atoms with E-state index < -0.39 is 4.92 Å². The van der Waals surface area contributed by atoms with Crippen molar-refractivity contribution in [3.05, 3.63) is 33.9 Å². The van der Waals surface area contributed by atoms with E-state index in [9.17, 15) is 19.7 Å². The number of amides is 2. The van der Waals surface area contributed by atoms with E-state index in [2.05, 4.69) is 6.92 Å². The summed E-state index contributed by atoms with van der Waals surface area (Å²) >= 11 is 1.44. The average molecular weight is 450 g/mol. The Hall–Kier alpha value is -2.29. The van der Waals surface area contributed by atoms with Gasteiger partial charge in [-0.3, -0.25) is 19.7 Å². The first-order valence-corrected chi connectivity index (χ1v) is 12.0. The molecule has 2 fully saturated rings. The van der Waals surface area contributed by atoms with E-state index in [0.29, 0.717) is 30.5 Å². The van der Waals surface area contributed by atoms with Crippen LogP contribution in [0.4, 0.5) is 5.69 Å². The number of piperidine rings is 2. The number of carbonyl (C=O) groups excluding carboxylic acids is 2. The third-order valence-electron chi connectivity index (χ3n) is 6.10. The van der Waals surface area contributed by atoms with Gasteiger partial charge in [0.1, 0.15) is 0 Å². The molecule has 1 unspecified atom stereocenters. The van der Waals surface area contributed by atoms with Crippen LogP contribution in [0.1, 0.15) is 38.2 Å². The summed E-state index contributed by atoms with van der Waals surface area (Å²) in [4.78, 5) is 39.9. The monoisotopic (exact) mass is 449 g/mol. The molecule has 170 valence electrons. The Morgan fingerprint density at radius 1 is 1.19 bits per heavy atom. The number of likely N-dealkylation sites (tertiary alicyclic amines) is 2. The van der Waals surface area contributed by atoms with E-state index in [4.69, 9.17) is 4.74 Å². The first-order chi connectivity index (χ1) is 14.9. The lowest BCUT2D eigenvalue weighted by Crippen LogP contribution is -2.47. The van der Waals surface area contributed by atoms with Crippen molar-refractivity contribution in [3.8, 4) is 5.75 Å². The molecule has 0 aromatic heterocycles. The van der Waals surface area contributed by atoms with E-state index >= 15 is 0 Å². The van der Waals surface area contributed by atoms with Crippen LogP contribution in [0.2, 0.25) is 0 Å². The van der Waals surface area contributed by atoms with Gasteiger partial charge in [0.05, 0.1) is 17.8 Å². The van der Waals surface area contributed by atoms with Crippen molar-refractivity contribution < 1.29 is 19.2 Å². The average Bonchev–Trinajstić information content (AvgIpc) is 2.78. The van der Waals surface area contributed by atoms with Crippen LogP contribution in [0, 0.1) is 22.0 Å². The van der Waals surface area contributed by atoms with E-state index in [1.165, 1.54) is 31.4 Å². The maximum Gasteiger partial charge on any atom is 0.311 e. The molecule has 1 atom stereocenters. The minimum Gasteiger partial charge on any atom is -0.490 e.